The maximum Gasteiger partial charge on any atom is 0.259 e. The Hall–Kier alpha value is -2.69. The zero-order valence-electron chi connectivity index (χ0n) is 15.3. The normalized spacial score (nSPS) is 8.92. The van der Waals surface area contributed by atoms with Gasteiger partial charge >= 0.3 is 0 Å². The third-order valence-electron chi connectivity index (χ3n) is 2.99. The minimum atomic E-state index is -0.428. The van der Waals surface area contributed by atoms with Crippen molar-refractivity contribution in [3.8, 4) is 11.5 Å². The number of phenols is 2. The van der Waals surface area contributed by atoms with Crippen molar-refractivity contribution in [2.24, 2.45) is 0 Å². The van der Waals surface area contributed by atoms with E-state index in [1.807, 2.05) is 53.8 Å². The number of hydrogen-bond acceptors (Lipinski definition) is 4. The first kappa shape index (κ1) is 21.3. The number of aromatic hydroxyl groups is 2. The van der Waals surface area contributed by atoms with Crippen molar-refractivity contribution in [2.75, 3.05) is 17.7 Å². The molecule has 0 aliphatic carbocycles. The van der Waals surface area contributed by atoms with Gasteiger partial charge < -0.3 is 20.8 Å². The van der Waals surface area contributed by atoms with Gasteiger partial charge in [0, 0.05) is 24.5 Å². The first-order valence-corrected chi connectivity index (χ1v) is 8.13. The van der Waals surface area contributed by atoms with Gasteiger partial charge in [-0.15, -0.1) is 0 Å². The van der Waals surface area contributed by atoms with E-state index in [4.69, 9.17) is 0 Å². The monoisotopic (exact) mass is 332 g/mol. The highest BCUT2D eigenvalue weighted by Gasteiger charge is 2.12. The van der Waals surface area contributed by atoms with Crippen molar-refractivity contribution in [2.45, 2.75) is 34.6 Å². The van der Waals surface area contributed by atoms with Crippen LogP contribution in [0, 0.1) is 6.92 Å². The van der Waals surface area contributed by atoms with Crippen LogP contribution in [0.1, 0.15) is 43.6 Å². The summed E-state index contributed by atoms with van der Waals surface area (Å²) in [5, 5.41) is 24.6. The topological polar surface area (TPSA) is 81.6 Å². The molecule has 5 nitrogen and oxygen atoms in total. The number of anilines is 2. The third-order valence-corrected chi connectivity index (χ3v) is 2.99. The molecule has 0 unspecified atom stereocenters. The Balaban J connectivity index is 0.00000123. The quantitative estimate of drug-likeness (QED) is 0.653. The van der Waals surface area contributed by atoms with Crippen molar-refractivity contribution in [1.82, 2.24) is 0 Å². The van der Waals surface area contributed by atoms with Crippen molar-refractivity contribution in [3.05, 3.63) is 47.5 Å². The van der Waals surface area contributed by atoms with Crippen LogP contribution < -0.4 is 10.6 Å². The molecule has 0 saturated heterocycles. The summed E-state index contributed by atoms with van der Waals surface area (Å²) in [5.41, 5.74) is 2.64. The van der Waals surface area contributed by atoms with Gasteiger partial charge in [0.2, 0.25) is 0 Å². The van der Waals surface area contributed by atoms with E-state index < -0.39 is 5.91 Å². The summed E-state index contributed by atoms with van der Waals surface area (Å²) in [6.45, 7) is 9.88. The van der Waals surface area contributed by atoms with Gasteiger partial charge in [-0.2, -0.15) is 0 Å². The van der Waals surface area contributed by atoms with E-state index >= 15 is 0 Å². The van der Waals surface area contributed by atoms with E-state index in [1.54, 1.807) is 6.07 Å². The predicted octanol–water partition coefficient (Wildman–Crippen LogP) is 4.75. The Labute approximate surface area is 144 Å². The molecule has 0 bridgehead atoms. The molecule has 0 heterocycles. The van der Waals surface area contributed by atoms with E-state index in [9.17, 15) is 15.0 Å². The molecule has 0 aliphatic heterocycles. The van der Waals surface area contributed by atoms with Crippen molar-refractivity contribution < 1.29 is 15.0 Å². The maximum absolute atomic E-state index is 12.1. The van der Waals surface area contributed by atoms with Gasteiger partial charge in [-0.05, 0) is 42.8 Å². The fourth-order valence-corrected chi connectivity index (χ4v) is 1.86. The molecule has 0 spiro atoms. The lowest BCUT2D eigenvalue weighted by Crippen LogP contribution is -2.13. The van der Waals surface area contributed by atoms with Crippen LogP contribution in [0.15, 0.2) is 36.4 Å². The van der Waals surface area contributed by atoms with Gasteiger partial charge in [0.1, 0.15) is 11.5 Å². The molecule has 2 rings (SSSR count). The van der Waals surface area contributed by atoms with Crippen LogP contribution in [0.4, 0.5) is 11.4 Å². The number of carbonyl (C=O) groups is 1. The molecule has 0 saturated carbocycles. The van der Waals surface area contributed by atoms with E-state index in [2.05, 4.69) is 10.6 Å². The fourth-order valence-electron chi connectivity index (χ4n) is 1.86. The Morgan fingerprint density at radius 3 is 2.08 bits per heavy atom. The van der Waals surface area contributed by atoms with Crippen molar-refractivity contribution >= 4 is 17.3 Å². The summed E-state index contributed by atoms with van der Waals surface area (Å²) in [5.74, 6) is -0.775. The summed E-state index contributed by atoms with van der Waals surface area (Å²) in [7, 11) is 1.82. The number of hydrogen-bond donors (Lipinski definition) is 4. The van der Waals surface area contributed by atoms with Gasteiger partial charge in [0.15, 0.2) is 0 Å². The number of amides is 1. The Bertz CT molecular complexity index is 655. The van der Waals surface area contributed by atoms with Crippen LogP contribution in [-0.2, 0) is 0 Å². The van der Waals surface area contributed by atoms with Gasteiger partial charge in [0.25, 0.3) is 5.91 Å². The predicted molar refractivity (Wildman–Crippen MR) is 101 cm³/mol. The molecular weight excluding hydrogens is 304 g/mol. The third kappa shape index (κ3) is 5.83. The molecule has 24 heavy (non-hydrogen) atoms. The molecular formula is C19H28N2O3. The molecule has 4 N–H and O–H groups in total. The highest BCUT2D eigenvalue weighted by molar-refractivity contribution is 6.06. The molecule has 132 valence electrons. The summed E-state index contributed by atoms with van der Waals surface area (Å²) in [6, 6.07) is 9.40. The molecule has 0 aromatic heterocycles. The summed E-state index contributed by atoms with van der Waals surface area (Å²) in [6.07, 6.45) is 0. The summed E-state index contributed by atoms with van der Waals surface area (Å²) < 4.78 is 0. The lowest BCUT2D eigenvalue weighted by atomic mass is 10.1. The van der Waals surface area contributed by atoms with E-state index in [-0.39, 0.29) is 17.1 Å². The SMILES string of the molecule is CC.CC.CNc1ccc(NC(=O)c2ccc(O)cc2O)c(C)c1. The molecule has 0 radical (unpaired) electrons. The minimum absolute atomic E-state index is 0.0893. The van der Waals surface area contributed by atoms with Crippen LogP contribution in [0.5, 0.6) is 11.5 Å². The molecule has 0 aliphatic rings. The van der Waals surface area contributed by atoms with Crippen molar-refractivity contribution in [1.29, 1.82) is 0 Å². The van der Waals surface area contributed by atoms with Crippen molar-refractivity contribution in [3.63, 3.8) is 0 Å². The first-order chi connectivity index (χ1) is 11.5. The number of phenolic OH excluding ortho intramolecular Hbond substituents is 2. The average Bonchev–Trinajstić information content (AvgIpc) is 2.60. The second-order valence-corrected chi connectivity index (χ2v) is 4.44. The van der Waals surface area contributed by atoms with Crippen LogP contribution in [0.25, 0.3) is 0 Å². The molecule has 2 aromatic rings. The second-order valence-electron chi connectivity index (χ2n) is 4.44. The summed E-state index contributed by atoms with van der Waals surface area (Å²) >= 11 is 0. The fraction of sp³-hybridized carbons (Fsp3) is 0.316. The van der Waals surface area contributed by atoms with Crippen LogP contribution in [0.2, 0.25) is 0 Å². The number of nitrogens with one attached hydrogen (secondary N) is 2. The molecule has 5 heteroatoms. The highest BCUT2D eigenvalue weighted by Crippen LogP contribution is 2.25. The lowest BCUT2D eigenvalue weighted by molar-refractivity contribution is 0.102. The van der Waals surface area contributed by atoms with E-state index in [1.165, 1.54) is 12.1 Å². The maximum atomic E-state index is 12.1. The second kappa shape index (κ2) is 10.9. The average molecular weight is 332 g/mol. The number of rotatable bonds is 3. The largest absolute Gasteiger partial charge is 0.508 e. The zero-order chi connectivity index (χ0) is 18.7. The Morgan fingerprint density at radius 1 is 0.958 bits per heavy atom. The van der Waals surface area contributed by atoms with Gasteiger partial charge in [0.05, 0.1) is 5.56 Å². The number of benzene rings is 2. The highest BCUT2D eigenvalue weighted by atomic mass is 16.3. The molecule has 2 aromatic carbocycles. The van der Waals surface area contributed by atoms with Crippen LogP contribution in [0.3, 0.4) is 0 Å². The van der Waals surface area contributed by atoms with Gasteiger partial charge in [-0.25, -0.2) is 0 Å². The van der Waals surface area contributed by atoms with E-state index in [0.717, 1.165) is 17.3 Å². The molecule has 1 amide bonds. The standard InChI is InChI=1S/C15H16N2O3.2C2H6/c1-9-7-10(16-2)3-6-13(9)17-15(20)12-5-4-11(18)8-14(12)19;2*1-2/h3-8,16,18-19H,1-2H3,(H,17,20);2*1-2H3. The molecule has 0 atom stereocenters. The first-order valence-electron chi connectivity index (χ1n) is 8.13. The van der Waals surface area contributed by atoms with Crippen LogP contribution >= 0.6 is 0 Å². The Morgan fingerprint density at radius 2 is 1.58 bits per heavy atom. The zero-order valence-corrected chi connectivity index (χ0v) is 15.3. The smallest absolute Gasteiger partial charge is 0.259 e. The van der Waals surface area contributed by atoms with Crippen LogP contribution in [-0.4, -0.2) is 23.2 Å². The van der Waals surface area contributed by atoms with E-state index in [0.29, 0.717) is 5.69 Å². The number of carbonyl (C=O) groups excluding carboxylic acids is 1. The summed E-state index contributed by atoms with van der Waals surface area (Å²) in [4.78, 5) is 12.1. The Kier molecular flexibility index (Phi) is 9.71. The lowest BCUT2D eigenvalue weighted by Gasteiger charge is -2.11. The molecule has 0 fully saturated rings. The van der Waals surface area contributed by atoms with Gasteiger partial charge in [-0.3, -0.25) is 4.79 Å². The minimum Gasteiger partial charge on any atom is -0.508 e. The number of aryl methyl sites for hydroxylation is 1. The van der Waals surface area contributed by atoms with Gasteiger partial charge in [-0.1, -0.05) is 27.7 Å².